The Kier molecular flexibility index (Phi) is 4.91. The number of carbonyl (C=O) groups is 2. The molecule has 0 spiro atoms. The van der Waals surface area contributed by atoms with E-state index < -0.39 is 5.97 Å². The van der Waals surface area contributed by atoms with E-state index in [1.54, 1.807) is 13.8 Å². The normalized spacial score (nSPS) is 9.88. The van der Waals surface area contributed by atoms with Crippen molar-refractivity contribution in [2.24, 2.45) is 0 Å². The summed E-state index contributed by atoms with van der Waals surface area (Å²) in [6, 6.07) is 0. The molecule has 1 aromatic rings. The Bertz CT molecular complexity index is 375. The minimum absolute atomic E-state index is 0.0952. The summed E-state index contributed by atoms with van der Waals surface area (Å²) in [4.78, 5) is 26.8. The van der Waals surface area contributed by atoms with E-state index in [1.165, 1.54) is 6.20 Å². The van der Waals surface area contributed by atoms with Crippen molar-refractivity contribution in [2.45, 2.75) is 20.3 Å². The lowest BCUT2D eigenvalue weighted by atomic mass is 10.4. The van der Waals surface area contributed by atoms with Crippen LogP contribution in [-0.2, 0) is 20.7 Å². The van der Waals surface area contributed by atoms with E-state index >= 15 is 0 Å². The van der Waals surface area contributed by atoms with Crippen molar-refractivity contribution in [1.82, 2.24) is 4.98 Å². The Hall–Kier alpha value is -1.43. The van der Waals surface area contributed by atoms with Crippen molar-refractivity contribution in [3.63, 3.8) is 0 Å². The number of hydrogen-bond acceptors (Lipinski definition) is 6. The Morgan fingerprint density at radius 2 is 2.00 bits per heavy atom. The third-order valence-corrected chi connectivity index (χ3v) is 2.61. The van der Waals surface area contributed by atoms with Crippen LogP contribution < -0.4 is 0 Å². The highest BCUT2D eigenvalue weighted by Gasteiger charge is 2.13. The van der Waals surface area contributed by atoms with Gasteiger partial charge in [-0.15, -0.1) is 11.3 Å². The molecule has 0 aliphatic heterocycles. The van der Waals surface area contributed by atoms with Crippen molar-refractivity contribution >= 4 is 23.3 Å². The molecule has 5 nitrogen and oxygen atoms in total. The Labute approximate surface area is 97.4 Å². The minimum Gasteiger partial charge on any atom is -0.466 e. The van der Waals surface area contributed by atoms with E-state index in [9.17, 15) is 9.59 Å². The minimum atomic E-state index is -0.407. The second-order valence-corrected chi connectivity index (χ2v) is 3.94. The van der Waals surface area contributed by atoms with Crippen LogP contribution in [0.25, 0.3) is 0 Å². The second kappa shape index (κ2) is 6.22. The van der Waals surface area contributed by atoms with Crippen LogP contribution >= 0.6 is 11.3 Å². The molecule has 0 N–H and O–H groups in total. The first-order valence-electron chi connectivity index (χ1n) is 4.94. The molecular weight excluding hydrogens is 230 g/mol. The smallest absolute Gasteiger partial charge is 0.349 e. The molecule has 0 radical (unpaired) electrons. The molecule has 0 unspecified atom stereocenters. The summed E-state index contributed by atoms with van der Waals surface area (Å²) in [5.74, 6) is -0.748. The van der Waals surface area contributed by atoms with Gasteiger partial charge in [0, 0.05) is 0 Å². The zero-order valence-corrected chi connectivity index (χ0v) is 10.0. The first-order valence-corrected chi connectivity index (χ1v) is 5.76. The van der Waals surface area contributed by atoms with Gasteiger partial charge in [0.25, 0.3) is 0 Å². The summed E-state index contributed by atoms with van der Waals surface area (Å²) in [6.45, 7) is 4.14. The third-order valence-electron chi connectivity index (χ3n) is 1.63. The maximum absolute atomic E-state index is 11.3. The van der Waals surface area contributed by atoms with Gasteiger partial charge in [-0.05, 0) is 13.8 Å². The molecule has 0 amide bonds. The SMILES string of the molecule is CCOC(=O)Cc1ncc(C(=O)OCC)s1. The number of thiazole rings is 1. The van der Waals surface area contributed by atoms with Crippen LogP contribution in [0.1, 0.15) is 28.5 Å². The Morgan fingerprint density at radius 3 is 2.62 bits per heavy atom. The molecule has 0 aliphatic rings. The first kappa shape index (κ1) is 12.6. The number of aromatic nitrogens is 1. The standard InChI is InChI=1S/C10H13NO4S/c1-3-14-9(12)5-8-11-6-7(16-8)10(13)15-4-2/h6H,3-5H2,1-2H3. The average Bonchev–Trinajstić information content (AvgIpc) is 2.67. The number of esters is 2. The molecule has 0 saturated carbocycles. The summed E-state index contributed by atoms with van der Waals surface area (Å²) in [6.07, 6.45) is 1.51. The van der Waals surface area contributed by atoms with Gasteiger partial charge >= 0.3 is 11.9 Å². The first-order chi connectivity index (χ1) is 7.67. The average molecular weight is 243 g/mol. The van der Waals surface area contributed by atoms with Gasteiger partial charge in [0.05, 0.1) is 25.8 Å². The van der Waals surface area contributed by atoms with Crippen LogP contribution in [0.5, 0.6) is 0 Å². The molecule has 0 atom stereocenters. The van der Waals surface area contributed by atoms with Crippen molar-refractivity contribution in [3.8, 4) is 0 Å². The predicted molar refractivity (Wildman–Crippen MR) is 58.4 cm³/mol. The number of carbonyl (C=O) groups excluding carboxylic acids is 2. The highest BCUT2D eigenvalue weighted by molar-refractivity contribution is 7.13. The summed E-state index contributed by atoms with van der Waals surface area (Å²) >= 11 is 1.15. The van der Waals surface area contributed by atoms with Gasteiger partial charge in [-0.3, -0.25) is 4.79 Å². The van der Waals surface area contributed by atoms with Crippen molar-refractivity contribution in [3.05, 3.63) is 16.1 Å². The van der Waals surface area contributed by atoms with Crippen LogP contribution in [0.4, 0.5) is 0 Å². The van der Waals surface area contributed by atoms with Gasteiger partial charge in [0.2, 0.25) is 0 Å². The topological polar surface area (TPSA) is 65.5 Å². The molecule has 88 valence electrons. The second-order valence-electron chi connectivity index (χ2n) is 2.82. The van der Waals surface area contributed by atoms with E-state index in [1.807, 2.05) is 0 Å². The highest BCUT2D eigenvalue weighted by atomic mass is 32.1. The van der Waals surface area contributed by atoms with Gasteiger partial charge in [-0.25, -0.2) is 9.78 Å². The van der Waals surface area contributed by atoms with Crippen molar-refractivity contribution < 1.29 is 19.1 Å². The third kappa shape index (κ3) is 3.62. The number of rotatable bonds is 5. The quantitative estimate of drug-likeness (QED) is 0.732. The van der Waals surface area contributed by atoms with E-state index in [0.717, 1.165) is 11.3 Å². The Morgan fingerprint density at radius 1 is 1.31 bits per heavy atom. The van der Waals surface area contributed by atoms with Gasteiger partial charge in [-0.2, -0.15) is 0 Å². The number of hydrogen-bond donors (Lipinski definition) is 0. The fraction of sp³-hybridized carbons (Fsp3) is 0.500. The molecule has 16 heavy (non-hydrogen) atoms. The monoisotopic (exact) mass is 243 g/mol. The van der Waals surface area contributed by atoms with Crippen LogP contribution in [-0.4, -0.2) is 30.1 Å². The van der Waals surface area contributed by atoms with Crippen LogP contribution in [0.15, 0.2) is 6.20 Å². The van der Waals surface area contributed by atoms with Crippen LogP contribution in [0.3, 0.4) is 0 Å². The fourth-order valence-electron chi connectivity index (χ4n) is 1.02. The molecule has 0 aromatic carbocycles. The molecule has 1 heterocycles. The maximum atomic E-state index is 11.3. The lowest BCUT2D eigenvalue weighted by molar-refractivity contribution is -0.142. The summed E-state index contributed by atoms with van der Waals surface area (Å²) in [7, 11) is 0. The molecule has 6 heteroatoms. The van der Waals surface area contributed by atoms with Crippen molar-refractivity contribution in [2.75, 3.05) is 13.2 Å². The molecule has 0 aliphatic carbocycles. The van der Waals surface area contributed by atoms with Crippen molar-refractivity contribution in [1.29, 1.82) is 0 Å². The summed E-state index contributed by atoms with van der Waals surface area (Å²) in [5, 5.41) is 0.557. The van der Waals surface area contributed by atoms with Crippen LogP contribution in [0, 0.1) is 0 Å². The molecule has 1 aromatic heterocycles. The maximum Gasteiger partial charge on any atom is 0.349 e. The van der Waals surface area contributed by atoms with E-state index in [-0.39, 0.29) is 12.4 Å². The lowest BCUT2D eigenvalue weighted by Gasteiger charge is -1.98. The van der Waals surface area contributed by atoms with Crippen LogP contribution in [0.2, 0.25) is 0 Å². The molecule has 0 bridgehead atoms. The fourth-order valence-corrected chi connectivity index (χ4v) is 1.82. The summed E-state index contributed by atoms with van der Waals surface area (Å²) in [5.41, 5.74) is 0. The van der Waals surface area contributed by atoms with Gasteiger partial charge in [0.1, 0.15) is 9.88 Å². The van der Waals surface area contributed by atoms with E-state index in [2.05, 4.69) is 4.98 Å². The summed E-state index contributed by atoms with van der Waals surface area (Å²) < 4.78 is 9.58. The lowest BCUT2D eigenvalue weighted by Crippen LogP contribution is -2.06. The van der Waals surface area contributed by atoms with Gasteiger partial charge < -0.3 is 9.47 Å². The number of ether oxygens (including phenoxy) is 2. The largest absolute Gasteiger partial charge is 0.466 e. The zero-order chi connectivity index (χ0) is 12.0. The van der Waals surface area contributed by atoms with E-state index in [0.29, 0.717) is 23.1 Å². The molecular formula is C10H13NO4S. The van der Waals surface area contributed by atoms with Gasteiger partial charge in [-0.1, -0.05) is 0 Å². The highest BCUT2D eigenvalue weighted by Crippen LogP contribution is 2.15. The van der Waals surface area contributed by atoms with E-state index in [4.69, 9.17) is 9.47 Å². The zero-order valence-electron chi connectivity index (χ0n) is 9.19. The van der Waals surface area contributed by atoms with Gasteiger partial charge in [0.15, 0.2) is 0 Å². The molecule has 1 rings (SSSR count). The Balaban J connectivity index is 2.57. The molecule has 0 saturated heterocycles. The number of nitrogens with zero attached hydrogens (tertiary/aromatic N) is 1. The predicted octanol–water partition coefficient (Wildman–Crippen LogP) is 1.43. The molecule has 0 fully saturated rings.